The van der Waals surface area contributed by atoms with E-state index in [0.717, 1.165) is 13.1 Å². The van der Waals surface area contributed by atoms with E-state index in [1.54, 1.807) is 0 Å². The average Bonchev–Trinajstić information content (AvgIpc) is 2.15. The average molecular weight is 226 g/mol. The first kappa shape index (κ1) is 13.5. The molecule has 1 aliphatic heterocycles. The first-order valence-corrected chi connectivity index (χ1v) is 6.30. The number of piperazine rings is 1. The second kappa shape index (κ2) is 4.74. The summed E-state index contributed by atoms with van der Waals surface area (Å²) in [5, 5.41) is 3.54. The minimum Gasteiger partial charge on any atom is -0.335 e. The Kier molecular flexibility index (Phi) is 4.00. The Labute approximate surface area is 99.6 Å². The summed E-state index contributed by atoms with van der Waals surface area (Å²) < 4.78 is 0. The zero-order valence-electron chi connectivity index (χ0n) is 11.5. The maximum atomic E-state index is 12.2. The van der Waals surface area contributed by atoms with Gasteiger partial charge < -0.3 is 10.2 Å². The molecule has 1 saturated heterocycles. The predicted molar refractivity (Wildman–Crippen MR) is 67.3 cm³/mol. The van der Waals surface area contributed by atoms with Crippen molar-refractivity contribution in [3.05, 3.63) is 0 Å². The van der Waals surface area contributed by atoms with E-state index in [1.807, 2.05) is 13.8 Å². The molecule has 0 saturated carbocycles. The Balaban J connectivity index is 2.80. The van der Waals surface area contributed by atoms with E-state index < -0.39 is 0 Å². The van der Waals surface area contributed by atoms with Crippen molar-refractivity contribution in [2.75, 3.05) is 13.1 Å². The summed E-state index contributed by atoms with van der Waals surface area (Å²) in [5.74, 6) is 0.931. The predicted octanol–water partition coefficient (Wildman–Crippen LogP) is 1.88. The summed E-state index contributed by atoms with van der Waals surface area (Å²) in [7, 11) is 0. The highest BCUT2D eigenvalue weighted by Gasteiger charge is 2.38. The van der Waals surface area contributed by atoms with Crippen molar-refractivity contribution in [3.63, 3.8) is 0 Å². The van der Waals surface area contributed by atoms with Gasteiger partial charge in [0.05, 0.1) is 0 Å². The normalized spacial score (nSPS) is 25.2. The highest BCUT2D eigenvalue weighted by Crippen LogP contribution is 2.23. The second-order valence-corrected chi connectivity index (χ2v) is 6.15. The molecule has 1 aliphatic rings. The van der Waals surface area contributed by atoms with Gasteiger partial charge in [0.25, 0.3) is 0 Å². The molecule has 94 valence electrons. The SMILES string of the molecule is CC(C)C(=O)N1CC(C(C)C)NCC1(C)C. The van der Waals surface area contributed by atoms with Gasteiger partial charge in [-0.25, -0.2) is 0 Å². The molecule has 0 aromatic heterocycles. The van der Waals surface area contributed by atoms with Crippen LogP contribution >= 0.6 is 0 Å². The van der Waals surface area contributed by atoms with Crippen molar-refractivity contribution in [1.29, 1.82) is 0 Å². The van der Waals surface area contributed by atoms with Gasteiger partial charge in [-0.2, -0.15) is 0 Å². The molecule has 0 aliphatic carbocycles. The molecular weight excluding hydrogens is 200 g/mol. The van der Waals surface area contributed by atoms with E-state index in [2.05, 4.69) is 37.9 Å². The summed E-state index contributed by atoms with van der Waals surface area (Å²) in [6.07, 6.45) is 0. The summed E-state index contributed by atoms with van der Waals surface area (Å²) >= 11 is 0. The quantitative estimate of drug-likeness (QED) is 0.779. The molecule has 1 amide bonds. The van der Waals surface area contributed by atoms with Crippen LogP contribution in [-0.4, -0.2) is 35.5 Å². The molecule has 0 bridgehead atoms. The first-order valence-electron chi connectivity index (χ1n) is 6.30. The lowest BCUT2D eigenvalue weighted by Gasteiger charge is -2.48. The largest absolute Gasteiger partial charge is 0.335 e. The van der Waals surface area contributed by atoms with Gasteiger partial charge in [-0.3, -0.25) is 4.79 Å². The van der Waals surface area contributed by atoms with Gasteiger partial charge in [0.15, 0.2) is 0 Å². The van der Waals surface area contributed by atoms with Crippen LogP contribution in [0.3, 0.4) is 0 Å². The van der Waals surface area contributed by atoms with Crippen LogP contribution in [-0.2, 0) is 4.79 Å². The smallest absolute Gasteiger partial charge is 0.225 e. The second-order valence-electron chi connectivity index (χ2n) is 6.15. The number of rotatable bonds is 2. The lowest BCUT2D eigenvalue weighted by Crippen LogP contribution is -2.65. The van der Waals surface area contributed by atoms with E-state index >= 15 is 0 Å². The fourth-order valence-corrected chi connectivity index (χ4v) is 2.13. The van der Waals surface area contributed by atoms with Crippen LogP contribution in [0.1, 0.15) is 41.5 Å². The molecule has 1 heterocycles. The van der Waals surface area contributed by atoms with Gasteiger partial charge in [0.2, 0.25) is 5.91 Å². The standard InChI is InChI=1S/C13H26N2O/c1-9(2)11-7-15(12(16)10(3)4)13(5,6)8-14-11/h9-11,14H,7-8H2,1-6H3. The van der Waals surface area contributed by atoms with Gasteiger partial charge in [0, 0.05) is 30.6 Å². The third-order valence-corrected chi connectivity index (χ3v) is 3.47. The summed E-state index contributed by atoms with van der Waals surface area (Å²) in [6.45, 7) is 14.3. The molecule has 1 fully saturated rings. The van der Waals surface area contributed by atoms with Gasteiger partial charge >= 0.3 is 0 Å². The Morgan fingerprint density at radius 3 is 2.31 bits per heavy atom. The fourth-order valence-electron chi connectivity index (χ4n) is 2.13. The van der Waals surface area contributed by atoms with Crippen molar-refractivity contribution in [3.8, 4) is 0 Å². The number of amides is 1. The van der Waals surface area contributed by atoms with Crippen molar-refractivity contribution >= 4 is 5.91 Å². The minimum absolute atomic E-state index is 0.0628. The Morgan fingerprint density at radius 2 is 1.88 bits per heavy atom. The molecule has 1 atom stereocenters. The van der Waals surface area contributed by atoms with Crippen LogP contribution in [0.4, 0.5) is 0 Å². The van der Waals surface area contributed by atoms with Gasteiger partial charge in [-0.05, 0) is 19.8 Å². The van der Waals surface area contributed by atoms with E-state index in [1.165, 1.54) is 0 Å². The third-order valence-electron chi connectivity index (χ3n) is 3.47. The lowest BCUT2D eigenvalue weighted by molar-refractivity contribution is -0.142. The molecule has 0 aromatic rings. The van der Waals surface area contributed by atoms with Crippen LogP contribution < -0.4 is 5.32 Å². The Hall–Kier alpha value is -0.570. The van der Waals surface area contributed by atoms with E-state index in [0.29, 0.717) is 12.0 Å². The first-order chi connectivity index (χ1) is 7.25. The number of hydrogen-bond acceptors (Lipinski definition) is 2. The highest BCUT2D eigenvalue weighted by atomic mass is 16.2. The number of carbonyl (C=O) groups is 1. The van der Waals surface area contributed by atoms with Crippen LogP contribution in [0.25, 0.3) is 0 Å². The Bertz CT molecular complexity index is 259. The van der Waals surface area contributed by atoms with E-state index in [9.17, 15) is 4.79 Å². The monoisotopic (exact) mass is 226 g/mol. The van der Waals surface area contributed by atoms with E-state index in [4.69, 9.17) is 0 Å². The maximum Gasteiger partial charge on any atom is 0.225 e. The zero-order chi connectivity index (χ0) is 12.5. The van der Waals surface area contributed by atoms with Crippen LogP contribution in [0, 0.1) is 11.8 Å². The number of nitrogens with one attached hydrogen (secondary N) is 1. The Morgan fingerprint density at radius 1 is 1.31 bits per heavy atom. The number of nitrogens with zero attached hydrogens (tertiary/aromatic N) is 1. The van der Waals surface area contributed by atoms with Crippen LogP contribution in [0.2, 0.25) is 0 Å². The zero-order valence-corrected chi connectivity index (χ0v) is 11.5. The molecule has 0 spiro atoms. The molecule has 1 rings (SSSR count). The van der Waals surface area contributed by atoms with E-state index in [-0.39, 0.29) is 17.4 Å². The molecule has 3 heteroatoms. The third kappa shape index (κ3) is 2.76. The van der Waals surface area contributed by atoms with Crippen molar-refractivity contribution in [1.82, 2.24) is 10.2 Å². The summed E-state index contributed by atoms with van der Waals surface area (Å²) in [6, 6.07) is 0.427. The molecular formula is C13H26N2O. The molecule has 1 N–H and O–H groups in total. The molecule has 1 unspecified atom stereocenters. The van der Waals surface area contributed by atoms with Gasteiger partial charge in [-0.15, -0.1) is 0 Å². The molecule has 0 aromatic carbocycles. The molecule has 16 heavy (non-hydrogen) atoms. The fraction of sp³-hybridized carbons (Fsp3) is 0.923. The summed E-state index contributed by atoms with van der Waals surface area (Å²) in [5.41, 5.74) is -0.0628. The van der Waals surface area contributed by atoms with Crippen molar-refractivity contribution in [2.45, 2.75) is 53.1 Å². The molecule has 3 nitrogen and oxygen atoms in total. The summed E-state index contributed by atoms with van der Waals surface area (Å²) in [4.78, 5) is 14.2. The number of carbonyl (C=O) groups excluding carboxylic acids is 1. The maximum absolute atomic E-state index is 12.2. The molecule has 0 radical (unpaired) electrons. The number of hydrogen-bond donors (Lipinski definition) is 1. The van der Waals surface area contributed by atoms with Gasteiger partial charge in [-0.1, -0.05) is 27.7 Å². The minimum atomic E-state index is -0.0628. The van der Waals surface area contributed by atoms with Crippen LogP contribution in [0.15, 0.2) is 0 Å². The van der Waals surface area contributed by atoms with Gasteiger partial charge in [0.1, 0.15) is 0 Å². The highest BCUT2D eigenvalue weighted by molar-refractivity contribution is 5.79. The van der Waals surface area contributed by atoms with Crippen LogP contribution in [0.5, 0.6) is 0 Å². The topological polar surface area (TPSA) is 32.3 Å². The lowest BCUT2D eigenvalue weighted by atomic mass is 9.91. The van der Waals surface area contributed by atoms with Crippen molar-refractivity contribution in [2.24, 2.45) is 11.8 Å². The van der Waals surface area contributed by atoms with Crippen molar-refractivity contribution < 1.29 is 4.79 Å².